The minimum Gasteiger partial charge on any atom is -0.496 e. The first kappa shape index (κ1) is 14.6. The van der Waals surface area contributed by atoms with E-state index in [-0.39, 0.29) is 6.04 Å². The van der Waals surface area contributed by atoms with Gasteiger partial charge in [-0.15, -0.1) is 12.3 Å². The molecular formula is C15H21NO2. The molecule has 0 heterocycles. The van der Waals surface area contributed by atoms with Crippen molar-refractivity contribution in [2.75, 3.05) is 13.7 Å². The van der Waals surface area contributed by atoms with Crippen LogP contribution in [0.4, 0.5) is 0 Å². The fourth-order valence-electron chi connectivity index (χ4n) is 1.79. The smallest absolute Gasteiger partial charge is 0.124 e. The van der Waals surface area contributed by atoms with Gasteiger partial charge >= 0.3 is 0 Å². The van der Waals surface area contributed by atoms with E-state index < -0.39 is 6.10 Å². The summed E-state index contributed by atoms with van der Waals surface area (Å²) < 4.78 is 5.26. The molecule has 1 aromatic rings. The average molecular weight is 247 g/mol. The quantitative estimate of drug-likeness (QED) is 0.756. The van der Waals surface area contributed by atoms with Crippen molar-refractivity contribution >= 4 is 0 Å². The molecule has 0 amide bonds. The number of aliphatic hydroxyl groups excluding tert-OH is 1. The number of nitrogens with one attached hydrogen (secondary N) is 1. The summed E-state index contributed by atoms with van der Waals surface area (Å²) in [7, 11) is 1.61. The van der Waals surface area contributed by atoms with Crippen molar-refractivity contribution in [2.45, 2.75) is 32.4 Å². The van der Waals surface area contributed by atoms with Gasteiger partial charge in [0.2, 0.25) is 0 Å². The molecule has 2 unspecified atom stereocenters. The maximum Gasteiger partial charge on any atom is 0.124 e. The van der Waals surface area contributed by atoms with Crippen molar-refractivity contribution in [2.24, 2.45) is 0 Å². The summed E-state index contributed by atoms with van der Waals surface area (Å²) in [6, 6.07) is 5.97. The largest absolute Gasteiger partial charge is 0.496 e. The Balaban J connectivity index is 2.69. The van der Waals surface area contributed by atoms with Gasteiger partial charge in [-0.2, -0.15) is 0 Å². The van der Waals surface area contributed by atoms with Gasteiger partial charge in [-0.1, -0.05) is 11.6 Å². The molecule has 3 heteroatoms. The molecule has 2 N–H and O–H groups in total. The average Bonchev–Trinajstić information content (AvgIpc) is 2.36. The lowest BCUT2D eigenvalue weighted by Crippen LogP contribution is -2.30. The molecule has 0 saturated carbocycles. The van der Waals surface area contributed by atoms with Gasteiger partial charge in [0, 0.05) is 24.6 Å². The van der Waals surface area contributed by atoms with E-state index in [0.29, 0.717) is 18.7 Å². The predicted octanol–water partition coefficient (Wildman–Crippen LogP) is 2.04. The number of hydrogen-bond acceptors (Lipinski definition) is 3. The van der Waals surface area contributed by atoms with Crippen molar-refractivity contribution in [3.8, 4) is 18.1 Å². The summed E-state index contributed by atoms with van der Waals surface area (Å²) in [6.07, 6.45) is 5.29. The zero-order valence-electron chi connectivity index (χ0n) is 11.2. The van der Waals surface area contributed by atoms with E-state index >= 15 is 0 Å². The second kappa shape index (κ2) is 7.05. The summed E-state index contributed by atoms with van der Waals surface area (Å²) >= 11 is 0. The third-order valence-electron chi connectivity index (χ3n) is 2.83. The lowest BCUT2D eigenvalue weighted by Gasteiger charge is -2.18. The molecule has 0 radical (unpaired) electrons. The third-order valence-corrected chi connectivity index (χ3v) is 2.83. The Labute approximate surface area is 109 Å². The van der Waals surface area contributed by atoms with Crippen LogP contribution in [0.5, 0.6) is 5.75 Å². The summed E-state index contributed by atoms with van der Waals surface area (Å²) in [5, 5.41) is 13.4. The van der Waals surface area contributed by atoms with Crippen LogP contribution in [0, 0.1) is 19.3 Å². The number of aryl methyl sites for hydroxylation is 1. The lowest BCUT2D eigenvalue weighted by atomic mass is 10.0. The number of aliphatic hydroxyl groups is 1. The Morgan fingerprint density at radius 2 is 2.22 bits per heavy atom. The number of methoxy groups -OCH3 is 1. The summed E-state index contributed by atoms with van der Waals surface area (Å²) in [6.45, 7) is 4.45. The van der Waals surface area contributed by atoms with Gasteiger partial charge < -0.3 is 15.2 Å². The van der Waals surface area contributed by atoms with Crippen molar-refractivity contribution in [3.05, 3.63) is 29.3 Å². The van der Waals surface area contributed by atoms with Gasteiger partial charge in [-0.25, -0.2) is 0 Å². The van der Waals surface area contributed by atoms with Gasteiger partial charge in [-0.3, -0.25) is 0 Å². The molecule has 0 aliphatic carbocycles. The fraction of sp³-hybridized carbons (Fsp3) is 0.467. The van der Waals surface area contributed by atoms with E-state index in [1.165, 1.54) is 0 Å². The summed E-state index contributed by atoms with van der Waals surface area (Å²) in [5.74, 6) is 3.30. The normalized spacial score (nSPS) is 13.7. The first-order valence-corrected chi connectivity index (χ1v) is 6.08. The SMILES string of the molecule is C#CCC(C)NCC(O)c1cc(C)ccc1OC. The van der Waals surface area contributed by atoms with E-state index in [4.69, 9.17) is 11.2 Å². The molecule has 0 saturated heterocycles. The van der Waals surface area contributed by atoms with E-state index in [1.807, 2.05) is 32.0 Å². The topological polar surface area (TPSA) is 41.5 Å². The number of terminal acetylenes is 1. The minimum absolute atomic E-state index is 0.195. The predicted molar refractivity (Wildman–Crippen MR) is 73.6 cm³/mol. The summed E-state index contributed by atoms with van der Waals surface area (Å²) in [5.41, 5.74) is 1.90. The molecule has 1 aromatic carbocycles. The highest BCUT2D eigenvalue weighted by Crippen LogP contribution is 2.25. The first-order chi connectivity index (χ1) is 8.58. The van der Waals surface area contributed by atoms with Gasteiger partial charge in [-0.05, 0) is 26.0 Å². The van der Waals surface area contributed by atoms with Crippen molar-refractivity contribution in [1.82, 2.24) is 5.32 Å². The third kappa shape index (κ3) is 4.06. The monoisotopic (exact) mass is 247 g/mol. The van der Waals surface area contributed by atoms with Gasteiger partial charge in [0.05, 0.1) is 13.2 Å². The van der Waals surface area contributed by atoms with Crippen LogP contribution in [-0.2, 0) is 0 Å². The molecule has 0 bridgehead atoms. The highest BCUT2D eigenvalue weighted by molar-refractivity contribution is 5.38. The second-order valence-electron chi connectivity index (χ2n) is 4.48. The Morgan fingerprint density at radius 1 is 1.50 bits per heavy atom. The van der Waals surface area contributed by atoms with Crippen LogP contribution in [0.1, 0.15) is 30.6 Å². The van der Waals surface area contributed by atoms with Crippen LogP contribution in [0.2, 0.25) is 0 Å². The number of ether oxygens (including phenoxy) is 1. The van der Waals surface area contributed by atoms with Crippen molar-refractivity contribution in [1.29, 1.82) is 0 Å². The Bertz CT molecular complexity index is 423. The Morgan fingerprint density at radius 3 is 2.83 bits per heavy atom. The maximum atomic E-state index is 10.2. The second-order valence-corrected chi connectivity index (χ2v) is 4.48. The lowest BCUT2D eigenvalue weighted by molar-refractivity contribution is 0.166. The van der Waals surface area contributed by atoms with Crippen LogP contribution in [0.15, 0.2) is 18.2 Å². The van der Waals surface area contributed by atoms with Crippen LogP contribution in [-0.4, -0.2) is 24.8 Å². The highest BCUT2D eigenvalue weighted by atomic mass is 16.5. The van der Waals surface area contributed by atoms with Gasteiger partial charge in [0.15, 0.2) is 0 Å². The van der Waals surface area contributed by atoms with Crippen LogP contribution >= 0.6 is 0 Å². The maximum absolute atomic E-state index is 10.2. The molecule has 3 nitrogen and oxygen atoms in total. The molecular weight excluding hydrogens is 226 g/mol. The highest BCUT2D eigenvalue weighted by Gasteiger charge is 2.14. The molecule has 0 fully saturated rings. The number of rotatable bonds is 6. The van der Waals surface area contributed by atoms with Crippen LogP contribution in [0.3, 0.4) is 0 Å². The molecule has 0 aliphatic rings. The van der Waals surface area contributed by atoms with Crippen LogP contribution < -0.4 is 10.1 Å². The van der Waals surface area contributed by atoms with E-state index in [9.17, 15) is 5.11 Å². The summed E-state index contributed by atoms with van der Waals surface area (Å²) in [4.78, 5) is 0. The van der Waals surface area contributed by atoms with Crippen molar-refractivity contribution < 1.29 is 9.84 Å². The molecule has 0 spiro atoms. The zero-order chi connectivity index (χ0) is 13.5. The molecule has 98 valence electrons. The standard InChI is InChI=1S/C15H21NO2/c1-5-6-12(3)16-10-14(17)13-9-11(2)7-8-15(13)18-4/h1,7-9,12,14,16-17H,6,10H2,2-4H3. The molecule has 18 heavy (non-hydrogen) atoms. The minimum atomic E-state index is -0.597. The van der Waals surface area contributed by atoms with E-state index in [2.05, 4.69) is 11.2 Å². The first-order valence-electron chi connectivity index (χ1n) is 6.08. The number of benzene rings is 1. The van der Waals surface area contributed by atoms with E-state index in [1.54, 1.807) is 7.11 Å². The fourth-order valence-corrected chi connectivity index (χ4v) is 1.79. The molecule has 0 aliphatic heterocycles. The zero-order valence-corrected chi connectivity index (χ0v) is 11.2. The van der Waals surface area contributed by atoms with Crippen LogP contribution in [0.25, 0.3) is 0 Å². The van der Waals surface area contributed by atoms with Gasteiger partial charge in [0.25, 0.3) is 0 Å². The van der Waals surface area contributed by atoms with Gasteiger partial charge in [0.1, 0.15) is 5.75 Å². The van der Waals surface area contributed by atoms with E-state index in [0.717, 1.165) is 11.1 Å². The molecule has 0 aromatic heterocycles. The van der Waals surface area contributed by atoms with Crippen molar-refractivity contribution in [3.63, 3.8) is 0 Å². The molecule has 1 rings (SSSR count). The number of hydrogen-bond donors (Lipinski definition) is 2. The molecule has 2 atom stereocenters. The Hall–Kier alpha value is -1.50. The Kier molecular flexibility index (Phi) is 5.70.